The number of carbonyl (C=O) groups excluding carboxylic acids is 1. The van der Waals surface area contributed by atoms with Gasteiger partial charge in [-0.3, -0.25) is 4.79 Å². The van der Waals surface area contributed by atoms with Gasteiger partial charge in [0.05, 0.1) is 6.54 Å². The summed E-state index contributed by atoms with van der Waals surface area (Å²) in [7, 11) is 0. The van der Waals surface area contributed by atoms with Gasteiger partial charge in [0, 0.05) is 31.3 Å². The first-order valence-electron chi connectivity index (χ1n) is 7.40. The van der Waals surface area contributed by atoms with Crippen molar-refractivity contribution in [3.63, 3.8) is 0 Å². The van der Waals surface area contributed by atoms with Crippen LogP contribution in [0.4, 0.5) is 11.4 Å². The molecule has 2 aromatic rings. The standard InChI is InChI=1S/C17H20N2O2/c1-3-15-5-6-16(21-15)11-18-14-4-7-17-13(10-14)8-9-19(17)12(2)20/h4-7,10,18H,3,8-9,11H2,1-2H3. The smallest absolute Gasteiger partial charge is 0.223 e. The number of furan rings is 1. The second-order valence-corrected chi connectivity index (χ2v) is 5.34. The molecule has 0 saturated carbocycles. The van der Waals surface area contributed by atoms with E-state index in [1.165, 1.54) is 5.56 Å². The first kappa shape index (κ1) is 13.7. The van der Waals surface area contributed by atoms with E-state index in [-0.39, 0.29) is 5.91 Å². The zero-order valence-electron chi connectivity index (χ0n) is 12.5. The Morgan fingerprint density at radius 3 is 2.81 bits per heavy atom. The van der Waals surface area contributed by atoms with Crippen molar-refractivity contribution in [3.05, 3.63) is 47.4 Å². The summed E-state index contributed by atoms with van der Waals surface area (Å²) in [4.78, 5) is 13.4. The molecule has 1 aromatic carbocycles. The minimum absolute atomic E-state index is 0.108. The molecule has 1 aromatic heterocycles. The quantitative estimate of drug-likeness (QED) is 0.936. The molecule has 1 aliphatic heterocycles. The van der Waals surface area contributed by atoms with Crippen LogP contribution in [-0.2, 0) is 24.2 Å². The molecule has 0 aliphatic carbocycles. The third kappa shape index (κ3) is 2.79. The molecule has 4 nitrogen and oxygen atoms in total. The fraction of sp³-hybridized carbons (Fsp3) is 0.353. The summed E-state index contributed by atoms with van der Waals surface area (Å²) in [6.45, 7) is 5.15. The lowest BCUT2D eigenvalue weighted by Gasteiger charge is -2.15. The molecule has 1 aliphatic rings. The minimum atomic E-state index is 0.108. The van der Waals surface area contributed by atoms with Crippen LogP contribution >= 0.6 is 0 Å². The second kappa shape index (κ2) is 5.64. The van der Waals surface area contributed by atoms with Gasteiger partial charge in [-0.05, 0) is 42.3 Å². The third-order valence-corrected chi connectivity index (χ3v) is 3.89. The summed E-state index contributed by atoms with van der Waals surface area (Å²) in [5, 5.41) is 3.37. The highest BCUT2D eigenvalue weighted by atomic mass is 16.3. The van der Waals surface area contributed by atoms with E-state index in [9.17, 15) is 4.79 Å². The molecule has 3 rings (SSSR count). The third-order valence-electron chi connectivity index (χ3n) is 3.89. The Bertz CT molecular complexity index is 661. The maximum atomic E-state index is 11.5. The van der Waals surface area contributed by atoms with Crippen molar-refractivity contribution in [1.29, 1.82) is 0 Å². The molecule has 1 amide bonds. The van der Waals surface area contributed by atoms with E-state index in [0.29, 0.717) is 6.54 Å². The predicted molar refractivity (Wildman–Crippen MR) is 83.6 cm³/mol. The van der Waals surface area contributed by atoms with Gasteiger partial charge in [-0.2, -0.15) is 0 Å². The molecule has 4 heteroatoms. The van der Waals surface area contributed by atoms with E-state index < -0.39 is 0 Å². The van der Waals surface area contributed by atoms with Crippen LogP contribution in [0.25, 0.3) is 0 Å². The number of rotatable bonds is 4. The number of fused-ring (bicyclic) bond motifs is 1. The zero-order valence-corrected chi connectivity index (χ0v) is 12.5. The molecule has 0 atom stereocenters. The normalized spacial score (nSPS) is 13.3. The molecule has 1 N–H and O–H groups in total. The number of hydrogen-bond donors (Lipinski definition) is 1. The van der Waals surface area contributed by atoms with Gasteiger partial charge in [0.1, 0.15) is 11.5 Å². The second-order valence-electron chi connectivity index (χ2n) is 5.34. The number of benzene rings is 1. The molecule has 0 spiro atoms. The van der Waals surface area contributed by atoms with E-state index in [0.717, 1.165) is 42.3 Å². The van der Waals surface area contributed by atoms with Crippen LogP contribution in [0.15, 0.2) is 34.7 Å². The fourth-order valence-electron chi connectivity index (χ4n) is 2.74. The topological polar surface area (TPSA) is 45.5 Å². The molecule has 0 bridgehead atoms. The van der Waals surface area contributed by atoms with Crippen LogP contribution < -0.4 is 10.2 Å². The number of carbonyl (C=O) groups is 1. The van der Waals surface area contributed by atoms with Gasteiger partial charge >= 0.3 is 0 Å². The van der Waals surface area contributed by atoms with E-state index >= 15 is 0 Å². The molecule has 0 fully saturated rings. The number of amides is 1. The molecule has 0 radical (unpaired) electrons. The van der Waals surface area contributed by atoms with Crippen LogP contribution in [0.2, 0.25) is 0 Å². The summed E-state index contributed by atoms with van der Waals surface area (Å²) < 4.78 is 5.68. The van der Waals surface area contributed by atoms with Crippen molar-refractivity contribution in [3.8, 4) is 0 Å². The lowest BCUT2D eigenvalue weighted by molar-refractivity contribution is -0.116. The number of anilines is 2. The fourth-order valence-corrected chi connectivity index (χ4v) is 2.74. The summed E-state index contributed by atoms with van der Waals surface area (Å²) >= 11 is 0. The minimum Gasteiger partial charge on any atom is -0.464 e. The number of nitrogens with one attached hydrogen (secondary N) is 1. The number of hydrogen-bond acceptors (Lipinski definition) is 3. The number of aryl methyl sites for hydroxylation is 1. The van der Waals surface area contributed by atoms with Crippen molar-refractivity contribution in [2.75, 3.05) is 16.8 Å². The molecule has 0 unspecified atom stereocenters. The van der Waals surface area contributed by atoms with E-state index in [1.54, 1.807) is 6.92 Å². The Hall–Kier alpha value is -2.23. The molecule has 2 heterocycles. The molecule has 110 valence electrons. The maximum Gasteiger partial charge on any atom is 0.223 e. The van der Waals surface area contributed by atoms with Gasteiger partial charge in [0.15, 0.2) is 0 Å². The Morgan fingerprint density at radius 1 is 1.29 bits per heavy atom. The van der Waals surface area contributed by atoms with Gasteiger partial charge in [-0.25, -0.2) is 0 Å². The van der Waals surface area contributed by atoms with E-state index in [2.05, 4.69) is 18.3 Å². The van der Waals surface area contributed by atoms with Crippen molar-refractivity contribution in [2.45, 2.75) is 33.2 Å². The van der Waals surface area contributed by atoms with Crippen LogP contribution in [0.5, 0.6) is 0 Å². The van der Waals surface area contributed by atoms with Crippen molar-refractivity contribution in [1.82, 2.24) is 0 Å². The first-order chi connectivity index (χ1) is 10.2. The highest BCUT2D eigenvalue weighted by Gasteiger charge is 2.21. The lowest BCUT2D eigenvalue weighted by Crippen LogP contribution is -2.25. The van der Waals surface area contributed by atoms with Gasteiger partial charge < -0.3 is 14.6 Å². The van der Waals surface area contributed by atoms with Crippen molar-refractivity contribution >= 4 is 17.3 Å². The lowest BCUT2D eigenvalue weighted by atomic mass is 10.1. The van der Waals surface area contributed by atoms with E-state index in [4.69, 9.17) is 4.42 Å². The largest absolute Gasteiger partial charge is 0.464 e. The van der Waals surface area contributed by atoms with Gasteiger partial charge in [-0.15, -0.1) is 0 Å². The number of nitrogens with zero attached hydrogens (tertiary/aromatic N) is 1. The Labute approximate surface area is 124 Å². The first-order valence-corrected chi connectivity index (χ1v) is 7.40. The summed E-state index contributed by atoms with van der Waals surface area (Å²) in [5.41, 5.74) is 3.33. The predicted octanol–water partition coefficient (Wildman–Crippen LogP) is 3.36. The van der Waals surface area contributed by atoms with E-state index in [1.807, 2.05) is 29.2 Å². The summed E-state index contributed by atoms with van der Waals surface area (Å²) in [6.07, 6.45) is 1.84. The Kier molecular flexibility index (Phi) is 3.69. The van der Waals surface area contributed by atoms with Crippen LogP contribution in [0.1, 0.15) is 30.9 Å². The van der Waals surface area contributed by atoms with Crippen molar-refractivity contribution < 1.29 is 9.21 Å². The SMILES string of the molecule is CCc1ccc(CNc2ccc3c(c2)CCN3C(C)=O)o1. The highest BCUT2D eigenvalue weighted by Crippen LogP contribution is 2.30. The van der Waals surface area contributed by atoms with Crippen molar-refractivity contribution in [2.24, 2.45) is 0 Å². The Morgan fingerprint density at radius 2 is 2.10 bits per heavy atom. The van der Waals surface area contributed by atoms with Gasteiger partial charge in [-0.1, -0.05) is 6.92 Å². The van der Waals surface area contributed by atoms with Gasteiger partial charge in [0.25, 0.3) is 0 Å². The Balaban J connectivity index is 1.69. The average molecular weight is 284 g/mol. The van der Waals surface area contributed by atoms with Crippen LogP contribution in [-0.4, -0.2) is 12.5 Å². The monoisotopic (exact) mass is 284 g/mol. The maximum absolute atomic E-state index is 11.5. The van der Waals surface area contributed by atoms with Crippen LogP contribution in [0, 0.1) is 0 Å². The summed E-state index contributed by atoms with van der Waals surface area (Å²) in [6, 6.07) is 10.2. The molecular weight excluding hydrogens is 264 g/mol. The molecule has 0 saturated heterocycles. The highest BCUT2D eigenvalue weighted by molar-refractivity contribution is 5.94. The zero-order chi connectivity index (χ0) is 14.8. The molecule has 21 heavy (non-hydrogen) atoms. The van der Waals surface area contributed by atoms with Gasteiger partial charge in [0.2, 0.25) is 5.91 Å². The average Bonchev–Trinajstić information content (AvgIpc) is 3.11. The summed E-state index contributed by atoms with van der Waals surface area (Å²) in [5.74, 6) is 2.06. The van der Waals surface area contributed by atoms with Crippen LogP contribution in [0.3, 0.4) is 0 Å². The molecular formula is C17H20N2O2.